The summed E-state index contributed by atoms with van der Waals surface area (Å²) in [6, 6.07) is 20.2. The van der Waals surface area contributed by atoms with Gasteiger partial charge < -0.3 is 9.47 Å². The van der Waals surface area contributed by atoms with Gasteiger partial charge in [-0.25, -0.2) is 4.79 Å². The van der Waals surface area contributed by atoms with Gasteiger partial charge in [-0.15, -0.1) is 11.3 Å². The van der Waals surface area contributed by atoms with Crippen LogP contribution in [0.4, 0.5) is 0 Å². The van der Waals surface area contributed by atoms with Crippen molar-refractivity contribution in [1.82, 2.24) is 0 Å². The summed E-state index contributed by atoms with van der Waals surface area (Å²) in [6.07, 6.45) is 0. The smallest absolute Gasteiger partial charge is 0.344 e. The molecule has 118 valence electrons. The predicted octanol–water partition coefficient (Wildman–Crippen LogP) is 4.40. The van der Waals surface area contributed by atoms with Gasteiger partial charge in [-0.2, -0.15) is 0 Å². The van der Waals surface area contributed by atoms with E-state index >= 15 is 0 Å². The molecule has 0 spiro atoms. The van der Waals surface area contributed by atoms with Crippen molar-refractivity contribution >= 4 is 17.3 Å². The lowest BCUT2D eigenvalue weighted by molar-refractivity contribution is 0.0735. The first kappa shape index (κ1) is 15.9. The summed E-state index contributed by atoms with van der Waals surface area (Å²) in [7, 11) is 0. The summed E-state index contributed by atoms with van der Waals surface area (Å²) >= 11 is 1.40. The van der Waals surface area contributed by atoms with Crippen LogP contribution in [0, 0.1) is 11.8 Å². The first-order chi connectivity index (χ1) is 11.8. The van der Waals surface area contributed by atoms with Crippen molar-refractivity contribution in [3.05, 3.63) is 82.6 Å². The number of benzene rings is 2. The second kappa shape index (κ2) is 8.00. The van der Waals surface area contributed by atoms with Crippen LogP contribution in [0.5, 0.6) is 11.5 Å². The number of carbonyl (C=O) groups excluding carboxylic acids is 1. The van der Waals surface area contributed by atoms with Gasteiger partial charge in [0, 0.05) is 5.38 Å². The van der Waals surface area contributed by atoms with Crippen molar-refractivity contribution < 1.29 is 14.3 Å². The number of carbonyl (C=O) groups is 1. The van der Waals surface area contributed by atoms with Crippen molar-refractivity contribution in [2.75, 3.05) is 6.61 Å². The minimum atomic E-state index is -0.383. The number of hydrogen-bond donors (Lipinski definition) is 0. The third kappa shape index (κ3) is 4.48. The molecular weight excluding hydrogens is 320 g/mol. The fourth-order valence-corrected chi connectivity index (χ4v) is 2.67. The average Bonchev–Trinajstić information content (AvgIpc) is 3.10. The van der Waals surface area contributed by atoms with Crippen molar-refractivity contribution in [3.8, 4) is 23.3 Å². The summed E-state index contributed by atoms with van der Waals surface area (Å²) in [5.41, 5.74) is 0.497. The Morgan fingerprint density at radius 1 is 0.958 bits per heavy atom. The number of thiophene rings is 1. The molecule has 0 radical (unpaired) electrons. The van der Waals surface area contributed by atoms with Gasteiger partial charge in [0.1, 0.15) is 18.1 Å². The molecule has 0 fully saturated rings. The molecule has 1 aromatic heterocycles. The zero-order valence-corrected chi connectivity index (χ0v) is 13.6. The summed E-state index contributed by atoms with van der Waals surface area (Å²) in [5.74, 6) is 6.85. The summed E-state index contributed by atoms with van der Waals surface area (Å²) in [4.78, 5) is 12.9. The van der Waals surface area contributed by atoms with Crippen LogP contribution in [0.25, 0.3) is 0 Å². The second-order valence-corrected chi connectivity index (χ2v) is 5.72. The molecule has 3 nitrogen and oxygen atoms in total. The van der Waals surface area contributed by atoms with E-state index in [9.17, 15) is 4.79 Å². The van der Waals surface area contributed by atoms with Gasteiger partial charge in [-0.1, -0.05) is 48.2 Å². The molecule has 24 heavy (non-hydrogen) atoms. The molecule has 0 saturated carbocycles. The Morgan fingerprint density at radius 2 is 1.62 bits per heavy atom. The first-order valence-electron chi connectivity index (χ1n) is 7.34. The molecule has 0 unspecified atom stereocenters. The molecule has 0 amide bonds. The summed E-state index contributed by atoms with van der Waals surface area (Å²) in [5, 5.41) is 1.74. The van der Waals surface area contributed by atoms with Gasteiger partial charge in [0.25, 0.3) is 0 Å². The Morgan fingerprint density at radius 3 is 2.33 bits per heavy atom. The van der Waals surface area contributed by atoms with E-state index < -0.39 is 0 Å². The third-order valence-electron chi connectivity index (χ3n) is 3.05. The number of ether oxygens (including phenoxy) is 2. The van der Waals surface area contributed by atoms with E-state index in [0.29, 0.717) is 17.9 Å². The van der Waals surface area contributed by atoms with Gasteiger partial charge in [0.15, 0.2) is 0 Å². The van der Waals surface area contributed by atoms with E-state index in [0.717, 1.165) is 10.6 Å². The minimum absolute atomic E-state index is 0.297. The molecule has 0 bridgehead atoms. The fourth-order valence-electron chi connectivity index (χ4n) is 1.92. The van der Waals surface area contributed by atoms with E-state index in [1.54, 1.807) is 23.6 Å². The predicted molar refractivity (Wildman–Crippen MR) is 94.5 cm³/mol. The molecule has 2 aromatic carbocycles. The number of hydrogen-bond acceptors (Lipinski definition) is 4. The van der Waals surface area contributed by atoms with Gasteiger partial charge >= 0.3 is 5.97 Å². The van der Waals surface area contributed by atoms with Crippen LogP contribution in [0.2, 0.25) is 0 Å². The highest BCUT2D eigenvalue weighted by Crippen LogP contribution is 2.17. The molecule has 0 N–H and O–H groups in total. The average molecular weight is 334 g/mol. The Balaban J connectivity index is 1.56. The molecule has 0 saturated heterocycles. The SMILES string of the molecule is O=C(Oc1ccccc1)c1csc(C#CCOc2ccccc2)c1. The van der Waals surface area contributed by atoms with Gasteiger partial charge in [-0.3, -0.25) is 0 Å². The third-order valence-corrected chi connectivity index (χ3v) is 3.90. The van der Waals surface area contributed by atoms with Crippen molar-refractivity contribution in [3.63, 3.8) is 0 Å². The molecular formula is C20H14O3S. The van der Waals surface area contributed by atoms with Crippen LogP contribution in [0.3, 0.4) is 0 Å². The monoisotopic (exact) mass is 334 g/mol. The highest BCUT2D eigenvalue weighted by atomic mass is 32.1. The molecule has 4 heteroatoms. The minimum Gasteiger partial charge on any atom is -0.481 e. The van der Waals surface area contributed by atoms with E-state index in [4.69, 9.17) is 9.47 Å². The van der Waals surface area contributed by atoms with Crippen LogP contribution in [0.15, 0.2) is 72.1 Å². The normalized spacial score (nSPS) is 9.67. The maximum Gasteiger partial charge on any atom is 0.344 e. The first-order valence-corrected chi connectivity index (χ1v) is 8.22. The molecule has 0 atom stereocenters. The quantitative estimate of drug-likeness (QED) is 0.403. The largest absolute Gasteiger partial charge is 0.481 e. The molecule has 1 heterocycles. The van der Waals surface area contributed by atoms with Crippen molar-refractivity contribution in [2.45, 2.75) is 0 Å². The summed E-state index contributed by atoms with van der Waals surface area (Å²) < 4.78 is 10.8. The van der Waals surface area contributed by atoms with Crippen LogP contribution in [0.1, 0.15) is 15.2 Å². The van der Waals surface area contributed by atoms with E-state index in [1.807, 2.05) is 48.5 Å². The van der Waals surface area contributed by atoms with Crippen LogP contribution < -0.4 is 9.47 Å². The van der Waals surface area contributed by atoms with Gasteiger partial charge in [0.05, 0.1) is 10.4 Å². The van der Waals surface area contributed by atoms with Crippen molar-refractivity contribution in [1.29, 1.82) is 0 Å². The molecule has 3 aromatic rings. The lowest BCUT2D eigenvalue weighted by atomic mass is 10.3. The number of rotatable bonds is 4. The van der Waals surface area contributed by atoms with Gasteiger partial charge in [0.2, 0.25) is 0 Å². The van der Waals surface area contributed by atoms with Crippen LogP contribution in [-0.4, -0.2) is 12.6 Å². The number of esters is 1. The fraction of sp³-hybridized carbons (Fsp3) is 0.0500. The maximum atomic E-state index is 12.1. The Hall–Kier alpha value is -3.03. The second-order valence-electron chi connectivity index (χ2n) is 4.81. The molecule has 0 aliphatic carbocycles. The Bertz CT molecular complexity index is 858. The molecule has 3 rings (SSSR count). The van der Waals surface area contributed by atoms with Crippen LogP contribution in [-0.2, 0) is 0 Å². The van der Waals surface area contributed by atoms with E-state index in [1.165, 1.54) is 11.3 Å². The zero-order chi connectivity index (χ0) is 16.6. The standard InChI is InChI=1S/C20H14O3S/c21-20(23-18-10-5-2-6-11-18)16-14-19(24-15-16)12-7-13-22-17-8-3-1-4-9-17/h1-6,8-11,14-15H,13H2. The van der Waals surface area contributed by atoms with E-state index in [2.05, 4.69) is 11.8 Å². The lowest BCUT2D eigenvalue weighted by Gasteiger charge is -2.01. The Labute approximate surface area is 144 Å². The molecule has 0 aliphatic heterocycles. The van der Waals surface area contributed by atoms with Gasteiger partial charge in [-0.05, 0) is 30.3 Å². The van der Waals surface area contributed by atoms with Crippen LogP contribution >= 0.6 is 11.3 Å². The van der Waals surface area contributed by atoms with Crippen molar-refractivity contribution in [2.24, 2.45) is 0 Å². The van der Waals surface area contributed by atoms with E-state index in [-0.39, 0.29) is 5.97 Å². The lowest BCUT2D eigenvalue weighted by Crippen LogP contribution is -2.06. The topological polar surface area (TPSA) is 35.5 Å². The highest BCUT2D eigenvalue weighted by molar-refractivity contribution is 7.10. The highest BCUT2D eigenvalue weighted by Gasteiger charge is 2.10. The summed E-state index contributed by atoms with van der Waals surface area (Å²) in [6.45, 7) is 0.297. The number of para-hydroxylation sites is 2. The zero-order valence-electron chi connectivity index (χ0n) is 12.8. The Kier molecular flexibility index (Phi) is 5.28. The maximum absolute atomic E-state index is 12.1. The molecule has 0 aliphatic rings.